The molecule has 2 rings (SSSR count). The first-order valence-electron chi connectivity index (χ1n) is 6.99. The first-order chi connectivity index (χ1) is 9.35. The van der Waals surface area contributed by atoms with Crippen LogP contribution < -0.4 is 5.73 Å². The SMILES string of the molecule is Cc1ccccc1-c1noc(CC(N)CC(C)(C)C)n1. The zero-order valence-corrected chi connectivity index (χ0v) is 12.7. The molecular weight excluding hydrogens is 250 g/mol. The molecule has 0 saturated heterocycles. The van der Waals surface area contributed by atoms with Gasteiger partial charge in [-0.05, 0) is 24.3 Å². The Morgan fingerprint density at radius 3 is 2.60 bits per heavy atom. The molecule has 0 aliphatic carbocycles. The molecule has 0 radical (unpaired) electrons. The van der Waals surface area contributed by atoms with E-state index in [1.54, 1.807) is 0 Å². The van der Waals surface area contributed by atoms with Crippen molar-refractivity contribution in [2.24, 2.45) is 11.1 Å². The normalized spacial score (nSPS) is 13.4. The van der Waals surface area contributed by atoms with Crippen LogP contribution in [0.25, 0.3) is 11.4 Å². The van der Waals surface area contributed by atoms with Gasteiger partial charge in [0.15, 0.2) is 0 Å². The second-order valence-corrected chi connectivity index (χ2v) is 6.56. The molecule has 108 valence electrons. The number of nitrogens with zero attached hydrogens (tertiary/aromatic N) is 2. The molecule has 0 spiro atoms. The highest BCUT2D eigenvalue weighted by Gasteiger charge is 2.19. The monoisotopic (exact) mass is 273 g/mol. The molecule has 0 aliphatic rings. The van der Waals surface area contributed by atoms with E-state index >= 15 is 0 Å². The van der Waals surface area contributed by atoms with Crippen molar-refractivity contribution in [2.45, 2.75) is 46.6 Å². The summed E-state index contributed by atoms with van der Waals surface area (Å²) in [6.45, 7) is 8.58. The lowest BCUT2D eigenvalue weighted by Crippen LogP contribution is -2.28. The summed E-state index contributed by atoms with van der Waals surface area (Å²) in [5.41, 5.74) is 8.49. The molecule has 1 atom stereocenters. The number of rotatable bonds is 4. The highest BCUT2D eigenvalue weighted by atomic mass is 16.5. The van der Waals surface area contributed by atoms with E-state index in [0.717, 1.165) is 17.5 Å². The summed E-state index contributed by atoms with van der Waals surface area (Å²) in [7, 11) is 0. The van der Waals surface area contributed by atoms with Crippen molar-refractivity contribution in [2.75, 3.05) is 0 Å². The Hall–Kier alpha value is -1.68. The van der Waals surface area contributed by atoms with E-state index in [1.807, 2.05) is 31.2 Å². The van der Waals surface area contributed by atoms with Gasteiger partial charge in [0.25, 0.3) is 0 Å². The Morgan fingerprint density at radius 1 is 1.25 bits per heavy atom. The van der Waals surface area contributed by atoms with Crippen LogP contribution in [0.3, 0.4) is 0 Å². The molecule has 1 heterocycles. The zero-order valence-electron chi connectivity index (χ0n) is 12.7. The van der Waals surface area contributed by atoms with Crippen molar-refractivity contribution in [3.05, 3.63) is 35.7 Å². The number of nitrogens with two attached hydrogens (primary N) is 1. The van der Waals surface area contributed by atoms with Crippen molar-refractivity contribution in [3.63, 3.8) is 0 Å². The van der Waals surface area contributed by atoms with E-state index in [4.69, 9.17) is 10.3 Å². The van der Waals surface area contributed by atoms with E-state index in [-0.39, 0.29) is 11.5 Å². The van der Waals surface area contributed by atoms with Crippen LogP contribution in [0.5, 0.6) is 0 Å². The summed E-state index contributed by atoms with van der Waals surface area (Å²) in [4.78, 5) is 4.45. The second kappa shape index (κ2) is 5.75. The van der Waals surface area contributed by atoms with E-state index in [1.165, 1.54) is 0 Å². The third kappa shape index (κ3) is 3.90. The molecular formula is C16H23N3O. The Bertz CT molecular complexity index is 569. The molecule has 0 saturated carbocycles. The fourth-order valence-electron chi connectivity index (χ4n) is 2.35. The topological polar surface area (TPSA) is 64.9 Å². The fourth-order valence-corrected chi connectivity index (χ4v) is 2.35. The van der Waals surface area contributed by atoms with Crippen LogP contribution in [0.2, 0.25) is 0 Å². The van der Waals surface area contributed by atoms with Gasteiger partial charge in [-0.25, -0.2) is 0 Å². The highest BCUT2D eigenvalue weighted by molar-refractivity contribution is 5.58. The largest absolute Gasteiger partial charge is 0.339 e. The summed E-state index contributed by atoms with van der Waals surface area (Å²) in [5, 5.41) is 4.06. The number of benzene rings is 1. The van der Waals surface area contributed by atoms with E-state index in [9.17, 15) is 0 Å². The van der Waals surface area contributed by atoms with Gasteiger partial charge in [-0.1, -0.05) is 50.2 Å². The van der Waals surface area contributed by atoms with Crippen molar-refractivity contribution in [1.82, 2.24) is 10.1 Å². The maximum atomic E-state index is 6.14. The molecule has 0 amide bonds. The van der Waals surface area contributed by atoms with Crippen molar-refractivity contribution >= 4 is 0 Å². The van der Waals surface area contributed by atoms with Gasteiger partial charge < -0.3 is 10.3 Å². The van der Waals surface area contributed by atoms with Crippen molar-refractivity contribution in [1.29, 1.82) is 0 Å². The van der Waals surface area contributed by atoms with E-state index in [2.05, 4.69) is 30.9 Å². The summed E-state index contributed by atoms with van der Waals surface area (Å²) in [6.07, 6.45) is 1.55. The minimum absolute atomic E-state index is 0.0418. The van der Waals surface area contributed by atoms with Gasteiger partial charge in [-0.2, -0.15) is 4.98 Å². The van der Waals surface area contributed by atoms with Gasteiger partial charge in [-0.15, -0.1) is 0 Å². The summed E-state index contributed by atoms with van der Waals surface area (Å²) in [6, 6.07) is 8.05. The van der Waals surface area contributed by atoms with Crippen LogP contribution >= 0.6 is 0 Å². The Morgan fingerprint density at radius 2 is 1.95 bits per heavy atom. The first kappa shape index (κ1) is 14.7. The smallest absolute Gasteiger partial charge is 0.228 e. The molecule has 0 aliphatic heterocycles. The average Bonchev–Trinajstić information content (AvgIpc) is 2.75. The Labute approximate surface area is 120 Å². The molecule has 2 N–H and O–H groups in total. The van der Waals surface area contributed by atoms with Gasteiger partial charge in [0.05, 0.1) is 0 Å². The van der Waals surface area contributed by atoms with Crippen molar-refractivity contribution < 1.29 is 4.52 Å². The third-order valence-corrected chi connectivity index (χ3v) is 3.17. The molecule has 4 heteroatoms. The summed E-state index contributed by atoms with van der Waals surface area (Å²) < 4.78 is 5.32. The standard InChI is InChI=1S/C16H23N3O/c1-11-7-5-6-8-13(11)15-18-14(20-19-15)9-12(17)10-16(2,3)4/h5-8,12H,9-10,17H2,1-4H3. The maximum absolute atomic E-state index is 6.14. The zero-order chi connectivity index (χ0) is 14.8. The highest BCUT2D eigenvalue weighted by Crippen LogP contribution is 2.23. The van der Waals surface area contributed by atoms with Crippen LogP contribution in [0.4, 0.5) is 0 Å². The van der Waals surface area contributed by atoms with Gasteiger partial charge in [0, 0.05) is 18.0 Å². The molecule has 2 aromatic rings. The molecule has 1 aromatic heterocycles. The van der Waals surface area contributed by atoms with E-state index < -0.39 is 0 Å². The van der Waals surface area contributed by atoms with Crippen LogP contribution in [0.15, 0.2) is 28.8 Å². The Balaban J connectivity index is 2.08. The lowest BCUT2D eigenvalue weighted by Gasteiger charge is -2.21. The van der Waals surface area contributed by atoms with Crippen LogP contribution in [0.1, 0.15) is 38.6 Å². The third-order valence-electron chi connectivity index (χ3n) is 3.17. The molecule has 1 unspecified atom stereocenters. The van der Waals surface area contributed by atoms with Crippen LogP contribution in [-0.4, -0.2) is 16.2 Å². The van der Waals surface area contributed by atoms with Crippen molar-refractivity contribution in [3.8, 4) is 11.4 Å². The molecule has 0 bridgehead atoms. The summed E-state index contributed by atoms with van der Waals surface area (Å²) >= 11 is 0. The molecule has 4 nitrogen and oxygen atoms in total. The van der Waals surface area contributed by atoms with E-state index in [0.29, 0.717) is 18.1 Å². The van der Waals surface area contributed by atoms with Gasteiger partial charge in [0.2, 0.25) is 11.7 Å². The fraction of sp³-hybridized carbons (Fsp3) is 0.500. The van der Waals surface area contributed by atoms with Gasteiger partial charge in [-0.3, -0.25) is 0 Å². The molecule has 0 fully saturated rings. The molecule has 20 heavy (non-hydrogen) atoms. The van der Waals surface area contributed by atoms with Gasteiger partial charge >= 0.3 is 0 Å². The van der Waals surface area contributed by atoms with Crippen LogP contribution in [0, 0.1) is 12.3 Å². The minimum Gasteiger partial charge on any atom is -0.339 e. The first-order valence-corrected chi connectivity index (χ1v) is 6.99. The minimum atomic E-state index is 0.0418. The lowest BCUT2D eigenvalue weighted by molar-refractivity contribution is 0.313. The predicted molar refractivity (Wildman–Crippen MR) is 80.2 cm³/mol. The molecule has 1 aromatic carbocycles. The van der Waals surface area contributed by atoms with Gasteiger partial charge in [0.1, 0.15) is 0 Å². The number of hydrogen-bond acceptors (Lipinski definition) is 4. The van der Waals surface area contributed by atoms with Crippen LogP contribution in [-0.2, 0) is 6.42 Å². The quantitative estimate of drug-likeness (QED) is 0.927. The number of hydrogen-bond donors (Lipinski definition) is 1. The Kier molecular flexibility index (Phi) is 4.23. The maximum Gasteiger partial charge on any atom is 0.228 e. The predicted octanol–water partition coefficient (Wildman–Crippen LogP) is 3.35. The lowest BCUT2D eigenvalue weighted by atomic mass is 9.87. The number of aromatic nitrogens is 2. The number of aryl methyl sites for hydroxylation is 1. The summed E-state index contributed by atoms with van der Waals surface area (Å²) in [5.74, 6) is 1.25. The average molecular weight is 273 g/mol. The second-order valence-electron chi connectivity index (χ2n) is 6.56.